The molecule has 1 aliphatic heterocycles. The maximum absolute atomic E-state index is 11.0. The van der Waals surface area contributed by atoms with E-state index < -0.39 is 5.97 Å². The standard InChI is InChI=1S/C17H26N2O2/c1-2-8-19-12-15(10-17(20)21)9-16(13-19)18-11-14-6-4-3-5-7-14/h3-7,15-16,18H,2,8-13H2,1H3,(H,20,21). The van der Waals surface area contributed by atoms with Crippen molar-refractivity contribution in [3.63, 3.8) is 0 Å². The van der Waals surface area contributed by atoms with E-state index in [1.807, 2.05) is 6.07 Å². The summed E-state index contributed by atoms with van der Waals surface area (Å²) in [6, 6.07) is 10.7. The predicted molar refractivity (Wildman–Crippen MR) is 84.2 cm³/mol. The zero-order valence-corrected chi connectivity index (χ0v) is 12.8. The number of rotatable bonds is 7. The lowest BCUT2D eigenvalue weighted by molar-refractivity contribution is -0.138. The fraction of sp³-hybridized carbons (Fsp3) is 0.588. The van der Waals surface area contributed by atoms with E-state index in [-0.39, 0.29) is 12.3 Å². The molecule has 1 aliphatic rings. The van der Waals surface area contributed by atoms with E-state index in [0.717, 1.165) is 39.0 Å². The molecule has 4 heteroatoms. The van der Waals surface area contributed by atoms with Crippen LogP contribution in [0, 0.1) is 5.92 Å². The van der Waals surface area contributed by atoms with Crippen LogP contribution in [-0.4, -0.2) is 41.7 Å². The van der Waals surface area contributed by atoms with Gasteiger partial charge in [-0.2, -0.15) is 0 Å². The molecule has 0 spiro atoms. The summed E-state index contributed by atoms with van der Waals surface area (Å²) in [6.07, 6.45) is 2.36. The van der Waals surface area contributed by atoms with Gasteiger partial charge in [-0.1, -0.05) is 37.3 Å². The number of likely N-dealkylation sites (tertiary alicyclic amines) is 1. The molecule has 0 aromatic heterocycles. The van der Waals surface area contributed by atoms with Gasteiger partial charge in [-0.3, -0.25) is 4.79 Å². The van der Waals surface area contributed by atoms with E-state index in [9.17, 15) is 4.79 Å². The SMILES string of the molecule is CCCN1CC(CC(=O)O)CC(NCc2ccccc2)C1. The second-order valence-corrected chi connectivity index (χ2v) is 6.02. The van der Waals surface area contributed by atoms with Gasteiger partial charge in [0.15, 0.2) is 0 Å². The summed E-state index contributed by atoms with van der Waals surface area (Å²) in [7, 11) is 0. The number of hydrogen-bond acceptors (Lipinski definition) is 3. The van der Waals surface area contributed by atoms with E-state index in [2.05, 4.69) is 41.4 Å². The van der Waals surface area contributed by atoms with E-state index >= 15 is 0 Å². The van der Waals surface area contributed by atoms with Gasteiger partial charge in [-0.05, 0) is 30.9 Å². The fourth-order valence-electron chi connectivity index (χ4n) is 3.20. The molecule has 1 heterocycles. The van der Waals surface area contributed by atoms with Gasteiger partial charge in [0, 0.05) is 32.1 Å². The lowest BCUT2D eigenvalue weighted by Gasteiger charge is -2.37. The van der Waals surface area contributed by atoms with Gasteiger partial charge in [-0.15, -0.1) is 0 Å². The summed E-state index contributed by atoms with van der Waals surface area (Å²) in [6.45, 7) is 6.03. The van der Waals surface area contributed by atoms with Crippen LogP contribution >= 0.6 is 0 Å². The molecule has 0 radical (unpaired) electrons. The molecule has 116 valence electrons. The quantitative estimate of drug-likeness (QED) is 0.809. The van der Waals surface area contributed by atoms with Crippen LogP contribution in [0.5, 0.6) is 0 Å². The van der Waals surface area contributed by atoms with Crippen LogP contribution in [0.25, 0.3) is 0 Å². The van der Waals surface area contributed by atoms with Gasteiger partial charge in [-0.25, -0.2) is 0 Å². The van der Waals surface area contributed by atoms with Crippen molar-refractivity contribution in [2.75, 3.05) is 19.6 Å². The third-order valence-electron chi connectivity index (χ3n) is 4.05. The van der Waals surface area contributed by atoms with Crippen LogP contribution in [0.1, 0.15) is 31.7 Å². The van der Waals surface area contributed by atoms with Crippen molar-refractivity contribution in [1.82, 2.24) is 10.2 Å². The highest BCUT2D eigenvalue weighted by atomic mass is 16.4. The van der Waals surface area contributed by atoms with Crippen molar-refractivity contribution in [1.29, 1.82) is 0 Å². The predicted octanol–water partition coefficient (Wildman–Crippen LogP) is 2.35. The fourth-order valence-corrected chi connectivity index (χ4v) is 3.20. The van der Waals surface area contributed by atoms with Crippen LogP contribution in [0.2, 0.25) is 0 Å². The normalized spacial score (nSPS) is 23.1. The number of aliphatic carboxylic acids is 1. The van der Waals surface area contributed by atoms with Crippen molar-refractivity contribution in [3.8, 4) is 0 Å². The number of piperidine rings is 1. The lowest BCUT2D eigenvalue weighted by atomic mass is 9.91. The minimum atomic E-state index is -0.680. The number of nitrogens with one attached hydrogen (secondary N) is 1. The smallest absolute Gasteiger partial charge is 0.303 e. The highest BCUT2D eigenvalue weighted by Gasteiger charge is 2.27. The number of nitrogens with zero attached hydrogens (tertiary/aromatic N) is 1. The molecule has 0 saturated carbocycles. The number of carbonyl (C=O) groups is 1. The van der Waals surface area contributed by atoms with E-state index in [1.165, 1.54) is 5.56 Å². The molecule has 4 nitrogen and oxygen atoms in total. The van der Waals surface area contributed by atoms with Gasteiger partial charge in [0.2, 0.25) is 0 Å². The van der Waals surface area contributed by atoms with Gasteiger partial charge in [0.25, 0.3) is 0 Å². The Labute approximate surface area is 127 Å². The Balaban J connectivity index is 1.88. The van der Waals surface area contributed by atoms with Crippen molar-refractivity contribution in [3.05, 3.63) is 35.9 Å². The Hall–Kier alpha value is -1.39. The molecule has 1 aromatic rings. The second-order valence-electron chi connectivity index (χ2n) is 6.02. The zero-order valence-electron chi connectivity index (χ0n) is 12.8. The molecule has 21 heavy (non-hydrogen) atoms. The topological polar surface area (TPSA) is 52.6 Å². The number of carboxylic acid groups (broad SMARTS) is 1. The summed E-state index contributed by atoms with van der Waals surface area (Å²) >= 11 is 0. The molecular formula is C17H26N2O2. The average Bonchev–Trinajstić information content (AvgIpc) is 2.46. The zero-order chi connectivity index (χ0) is 15.1. The number of hydrogen-bond donors (Lipinski definition) is 2. The van der Waals surface area contributed by atoms with Crippen LogP contribution in [-0.2, 0) is 11.3 Å². The molecule has 2 rings (SSSR count). The van der Waals surface area contributed by atoms with Gasteiger partial charge in [0.1, 0.15) is 0 Å². The second kappa shape index (κ2) is 8.15. The highest BCUT2D eigenvalue weighted by Crippen LogP contribution is 2.20. The number of benzene rings is 1. The largest absolute Gasteiger partial charge is 0.481 e. The van der Waals surface area contributed by atoms with E-state index in [0.29, 0.717) is 6.04 Å². The third-order valence-corrected chi connectivity index (χ3v) is 4.05. The monoisotopic (exact) mass is 290 g/mol. The molecule has 2 N–H and O–H groups in total. The van der Waals surface area contributed by atoms with Crippen molar-refractivity contribution >= 4 is 5.97 Å². The molecule has 2 unspecified atom stereocenters. The van der Waals surface area contributed by atoms with Crippen LogP contribution in [0.4, 0.5) is 0 Å². The molecule has 0 aliphatic carbocycles. The molecule has 1 aromatic carbocycles. The lowest BCUT2D eigenvalue weighted by Crippen LogP contribution is -2.49. The molecule has 0 bridgehead atoms. The summed E-state index contributed by atoms with van der Waals surface area (Å²) in [5.74, 6) is -0.420. The van der Waals surface area contributed by atoms with Gasteiger partial charge < -0.3 is 15.3 Å². The Kier molecular flexibility index (Phi) is 6.21. The van der Waals surface area contributed by atoms with Gasteiger partial charge >= 0.3 is 5.97 Å². The maximum atomic E-state index is 11.0. The van der Waals surface area contributed by atoms with Crippen molar-refractivity contribution < 1.29 is 9.90 Å². The first-order chi connectivity index (χ1) is 10.2. The summed E-state index contributed by atoms with van der Waals surface area (Å²) in [4.78, 5) is 13.4. The Morgan fingerprint density at radius 3 is 2.76 bits per heavy atom. The maximum Gasteiger partial charge on any atom is 0.303 e. The van der Waals surface area contributed by atoms with Crippen molar-refractivity contribution in [2.24, 2.45) is 5.92 Å². The van der Waals surface area contributed by atoms with Crippen LogP contribution in [0.15, 0.2) is 30.3 Å². The summed E-state index contributed by atoms with van der Waals surface area (Å²) < 4.78 is 0. The minimum absolute atomic E-state index is 0.260. The van der Waals surface area contributed by atoms with E-state index in [4.69, 9.17) is 5.11 Å². The first kappa shape index (κ1) is 16.0. The number of carboxylic acids is 1. The van der Waals surface area contributed by atoms with Crippen LogP contribution < -0.4 is 5.32 Å². The van der Waals surface area contributed by atoms with Crippen LogP contribution in [0.3, 0.4) is 0 Å². The van der Waals surface area contributed by atoms with E-state index in [1.54, 1.807) is 0 Å². The third kappa shape index (κ3) is 5.48. The molecule has 1 fully saturated rings. The Morgan fingerprint density at radius 1 is 1.33 bits per heavy atom. The first-order valence-corrected chi connectivity index (χ1v) is 7.88. The summed E-state index contributed by atoms with van der Waals surface area (Å²) in [5, 5.41) is 12.6. The molecule has 2 atom stereocenters. The first-order valence-electron chi connectivity index (χ1n) is 7.88. The average molecular weight is 290 g/mol. The van der Waals surface area contributed by atoms with Gasteiger partial charge in [0.05, 0.1) is 0 Å². The minimum Gasteiger partial charge on any atom is -0.481 e. The Morgan fingerprint density at radius 2 is 2.10 bits per heavy atom. The molecule has 0 amide bonds. The highest BCUT2D eigenvalue weighted by molar-refractivity contribution is 5.67. The van der Waals surface area contributed by atoms with Crippen molar-refractivity contribution in [2.45, 2.75) is 38.8 Å². The molecule has 1 saturated heterocycles. The molecular weight excluding hydrogens is 264 g/mol. The summed E-state index contributed by atoms with van der Waals surface area (Å²) in [5.41, 5.74) is 1.28. The Bertz CT molecular complexity index is 436.